The minimum atomic E-state index is -2.51. The summed E-state index contributed by atoms with van der Waals surface area (Å²) in [5, 5.41) is 3.47. The van der Waals surface area contributed by atoms with E-state index < -0.39 is 8.80 Å². The lowest BCUT2D eigenvalue weighted by molar-refractivity contribution is 0.0968. The summed E-state index contributed by atoms with van der Waals surface area (Å²) >= 11 is 4.24. The Labute approximate surface area is 147 Å². The molecule has 1 aromatic carbocycles. The van der Waals surface area contributed by atoms with E-state index in [1.165, 1.54) is 5.56 Å². The van der Waals surface area contributed by atoms with Gasteiger partial charge in [0.05, 0.1) is 6.04 Å². The van der Waals surface area contributed by atoms with Crippen LogP contribution in [-0.4, -0.2) is 41.9 Å². The summed E-state index contributed by atoms with van der Waals surface area (Å²) in [6.45, 7) is 5.36. The lowest BCUT2D eigenvalue weighted by atomic mass is 10.1. The molecule has 0 heterocycles. The molecular formula is C17H29NO3SSi. The Kier molecular flexibility index (Phi) is 10.5. The van der Waals surface area contributed by atoms with E-state index >= 15 is 0 Å². The Morgan fingerprint density at radius 1 is 1.22 bits per heavy atom. The summed E-state index contributed by atoms with van der Waals surface area (Å²) in [6, 6.07) is 11.2. The highest BCUT2D eigenvalue weighted by Crippen LogP contribution is 2.17. The quantitative estimate of drug-likeness (QED) is 0.246. The fourth-order valence-electron chi connectivity index (χ4n) is 2.33. The maximum Gasteiger partial charge on any atom is 0.500 e. The normalized spacial score (nSPS) is 13.0. The largest absolute Gasteiger partial charge is 0.500 e. The van der Waals surface area contributed by atoms with Crippen LogP contribution in [0, 0.1) is 0 Å². The van der Waals surface area contributed by atoms with Crippen LogP contribution in [0.25, 0.3) is 0 Å². The Bertz CT molecular complexity index is 429. The van der Waals surface area contributed by atoms with Gasteiger partial charge in [0, 0.05) is 26.9 Å². The van der Waals surface area contributed by atoms with Gasteiger partial charge in [-0.1, -0.05) is 36.4 Å². The van der Waals surface area contributed by atoms with E-state index in [9.17, 15) is 0 Å². The van der Waals surface area contributed by atoms with Crippen molar-refractivity contribution in [3.8, 4) is 0 Å². The van der Waals surface area contributed by atoms with Gasteiger partial charge in [0.2, 0.25) is 0 Å². The summed E-state index contributed by atoms with van der Waals surface area (Å²) in [5.74, 6) is 0.810. The van der Waals surface area contributed by atoms with E-state index in [0.29, 0.717) is 6.61 Å². The fraction of sp³-hybridized carbons (Fsp3) is 0.529. The van der Waals surface area contributed by atoms with Crippen molar-refractivity contribution in [3.05, 3.63) is 48.6 Å². The van der Waals surface area contributed by atoms with Crippen LogP contribution in [0.1, 0.15) is 24.4 Å². The lowest BCUT2D eigenvalue weighted by Gasteiger charge is -2.26. The van der Waals surface area contributed by atoms with Crippen molar-refractivity contribution in [2.45, 2.75) is 24.9 Å². The average molecular weight is 356 g/mol. The van der Waals surface area contributed by atoms with Crippen LogP contribution in [0.3, 0.4) is 0 Å². The summed E-state index contributed by atoms with van der Waals surface area (Å²) in [6.07, 6.45) is 3.74. The molecule has 0 radical (unpaired) electrons. The first-order valence-electron chi connectivity index (χ1n) is 7.97. The molecule has 0 saturated carbocycles. The summed E-state index contributed by atoms with van der Waals surface area (Å²) < 4.78 is 17.0. The molecule has 130 valence electrons. The first kappa shape index (κ1) is 20.4. The second-order valence-electron chi connectivity index (χ2n) is 5.20. The minimum Gasteiger partial charge on any atom is -0.377 e. The zero-order valence-electron chi connectivity index (χ0n) is 14.2. The molecule has 0 fully saturated rings. The predicted octanol–water partition coefficient (Wildman–Crippen LogP) is 3.46. The van der Waals surface area contributed by atoms with Gasteiger partial charge in [-0.3, -0.25) is 0 Å². The van der Waals surface area contributed by atoms with Crippen LogP contribution in [0.4, 0.5) is 0 Å². The second kappa shape index (κ2) is 11.8. The Balaban J connectivity index is 2.34. The predicted molar refractivity (Wildman–Crippen MR) is 101 cm³/mol. The number of benzene rings is 1. The molecule has 0 aliphatic rings. The lowest BCUT2D eigenvalue weighted by Crippen LogP contribution is -2.44. The summed E-state index contributed by atoms with van der Waals surface area (Å²) in [5.41, 5.74) is 1.22. The van der Waals surface area contributed by atoms with Crippen molar-refractivity contribution in [3.63, 3.8) is 0 Å². The van der Waals surface area contributed by atoms with Gasteiger partial charge in [-0.25, -0.2) is 0 Å². The Morgan fingerprint density at radius 3 is 2.48 bits per heavy atom. The van der Waals surface area contributed by atoms with Crippen LogP contribution in [-0.2, 0) is 13.3 Å². The van der Waals surface area contributed by atoms with Gasteiger partial charge in [0.1, 0.15) is 0 Å². The minimum absolute atomic E-state index is 0.159. The van der Waals surface area contributed by atoms with Gasteiger partial charge in [-0.15, -0.1) is 6.58 Å². The zero-order chi connectivity index (χ0) is 17.0. The maximum absolute atomic E-state index is 5.95. The number of hydrogen-bond donors (Lipinski definition) is 2. The molecular weight excluding hydrogens is 326 g/mol. The van der Waals surface area contributed by atoms with Gasteiger partial charge < -0.3 is 18.6 Å². The molecule has 4 nitrogen and oxygen atoms in total. The molecule has 1 N–H and O–H groups in total. The van der Waals surface area contributed by atoms with Crippen molar-refractivity contribution in [1.82, 2.24) is 5.32 Å². The molecule has 1 atom stereocenters. The third kappa shape index (κ3) is 7.20. The highest BCUT2D eigenvalue weighted by atomic mass is 32.1. The van der Waals surface area contributed by atoms with Crippen LogP contribution in [0.5, 0.6) is 0 Å². The molecule has 0 amide bonds. The maximum atomic E-state index is 5.95. The number of thiol groups is 1. The molecule has 0 aliphatic heterocycles. The van der Waals surface area contributed by atoms with Crippen molar-refractivity contribution < 1.29 is 13.3 Å². The van der Waals surface area contributed by atoms with Gasteiger partial charge in [0.15, 0.2) is 0 Å². The second-order valence-corrected chi connectivity index (χ2v) is 8.62. The van der Waals surface area contributed by atoms with E-state index in [1.807, 2.05) is 24.3 Å². The first-order chi connectivity index (χ1) is 11.2. The standard InChI is InChI=1S/C17H29NO3SSi/c1-4-17(16-10-6-5-7-11-16)18-12-8-13-21-23(19-2,20-3)15-9-14-22/h4-7,10-11,17-18,22H,1,8-9,12-15H2,2-3H3. The van der Waals surface area contributed by atoms with Gasteiger partial charge in [-0.05, 0) is 30.7 Å². The van der Waals surface area contributed by atoms with E-state index in [0.717, 1.165) is 31.2 Å². The third-order valence-corrected chi connectivity index (χ3v) is 6.83. The highest BCUT2D eigenvalue weighted by molar-refractivity contribution is 7.80. The van der Waals surface area contributed by atoms with E-state index in [2.05, 4.69) is 36.7 Å². The molecule has 0 aromatic heterocycles. The summed E-state index contributed by atoms with van der Waals surface area (Å²) in [7, 11) is 0.814. The smallest absolute Gasteiger partial charge is 0.377 e. The zero-order valence-corrected chi connectivity index (χ0v) is 16.1. The van der Waals surface area contributed by atoms with Crippen LogP contribution in [0.15, 0.2) is 43.0 Å². The van der Waals surface area contributed by atoms with Gasteiger partial charge >= 0.3 is 8.80 Å². The molecule has 1 unspecified atom stereocenters. The van der Waals surface area contributed by atoms with Crippen molar-refractivity contribution in [2.75, 3.05) is 33.1 Å². The van der Waals surface area contributed by atoms with Crippen LogP contribution < -0.4 is 5.32 Å². The average Bonchev–Trinajstić information content (AvgIpc) is 2.62. The van der Waals surface area contributed by atoms with Crippen molar-refractivity contribution >= 4 is 21.4 Å². The molecule has 0 aliphatic carbocycles. The van der Waals surface area contributed by atoms with Crippen LogP contribution in [0.2, 0.25) is 6.04 Å². The third-order valence-electron chi connectivity index (χ3n) is 3.66. The summed E-state index contributed by atoms with van der Waals surface area (Å²) in [4.78, 5) is 0. The molecule has 1 rings (SSSR count). The molecule has 1 aromatic rings. The molecule has 0 saturated heterocycles. The van der Waals surface area contributed by atoms with E-state index in [-0.39, 0.29) is 6.04 Å². The number of nitrogens with one attached hydrogen (secondary N) is 1. The monoisotopic (exact) mass is 355 g/mol. The fourth-order valence-corrected chi connectivity index (χ4v) is 4.80. The Hall–Kier alpha value is -0.633. The van der Waals surface area contributed by atoms with Crippen molar-refractivity contribution in [2.24, 2.45) is 0 Å². The van der Waals surface area contributed by atoms with Gasteiger partial charge in [0.25, 0.3) is 0 Å². The number of hydrogen-bond acceptors (Lipinski definition) is 5. The van der Waals surface area contributed by atoms with Crippen molar-refractivity contribution in [1.29, 1.82) is 0 Å². The SMILES string of the molecule is C=CC(NCCCO[Si](CCCS)(OC)OC)c1ccccc1. The Morgan fingerprint density at radius 2 is 1.91 bits per heavy atom. The van der Waals surface area contributed by atoms with Crippen LogP contribution >= 0.6 is 12.6 Å². The van der Waals surface area contributed by atoms with E-state index in [4.69, 9.17) is 13.3 Å². The van der Waals surface area contributed by atoms with E-state index in [1.54, 1.807) is 14.2 Å². The molecule has 0 bridgehead atoms. The van der Waals surface area contributed by atoms with Gasteiger partial charge in [-0.2, -0.15) is 12.6 Å². The molecule has 6 heteroatoms. The first-order valence-corrected chi connectivity index (χ1v) is 10.5. The molecule has 0 spiro atoms. The number of rotatable bonds is 13. The topological polar surface area (TPSA) is 39.7 Å². The molecule has 23 heavy (non-hydrogen) atoms. The highest BCUT2D eigenvalue weighted by Gasteiger charge is 2.37.